The summed E-state index contributed by atoms with van der Waals surface area (Å²) in [5.41, 5.74) is 7.33. The molecule has 1 unspecified atom stereocenters. The molecule has 1 fully saturated rings. The second-order valence-electron chi connectivity index (χ2n) is 5.77. The third-order valence-corrected chi connectivity index (χ3v) is 4.43. The van der Waals surface area contributed by atoms with Crippen molar-refractivity contribution in [2.24, 2.45) is 5.73 Å². The van der Waals surface area contributed by atoms with Crippen molar-refractivity contribution in [3.05, 3.63) is 23.8 Å². The normalized spacial score (nSPS) is 25.7. The smallest absolute Gasteiger partial charge is 0.128 e. The molecule has 2 aliphatic rings. The number of nitrogens with two attached hydrogens (primary N) is 1. The molecule has 0 aliphatic carbocycles. The van der Waals surface area contributed by atoms with Gasteiger partial charge in [0.15, 0.2) is 0 Å². The molecular formula is C15H22N2O2. The highest BCUT2D eigenvalue weighted by Gasteiger charge is 2.42. The molecule has 19 heavy (non-hydrogen) atoms. The molecule has 1 aromatic carbocycles. The van der Waals surface area contributed by atoms with Crippen molar-refractivity contribution in [1.82, 2.24) is 4.90 Å². The van der Waals surface area contributed by atoms with Crippen LogP contribution in [0.2, 0.25) is 0 Å². The first-order chi connectivity index (χ1) is 9.13. The van der Waals surface area contributed by atoms with Crippen molar-refractivity contribution in [3.8, 4) is 11.5 Å². The Labute approximate surface area is 114 Å². The van der Waals surface area contributed by atoms with Gasteiger partial charge >= 0.3 is 0 Å². The third kappa shape index (κ3) is 2.19. The molecule has 2 aliphatic heterocycles. The molecule has 4 heteroatoms. The minimum atomic E-state index is -0.0781. The van der Waals surface area contributed by atoms with Crippen molar-refractivity contribution in [2.45, 2.75) is 30.9 Å². The second-order valence-corrected chi connectivity index (χ2v) is 5.77. The number of nitrogens with zero attached hydrogens (tertiary/aromatic N) is 1. The molecular weight excluding hydrogens is 240 g/mol. The maximum atomic E-state index is 6.39. The Hall–Kier alpha value is -1.26. The average molecular weight is 262 g/mol. The standard InChI is InChI=1S/C15H22N2O2/c1-17-8-6-15(7-9-17)10-11(16)14-12(18-2)4-3-5-13(14)19-15/h3-5,11H,6-10,16H2,1-2H3. The summed E-state index contributed by atoms with van der Waals surface area (Å²) < 4.78 is 11.7. The van der Waals surface area contributed by atoms with Crippen LogP contribution in [0.1, 0.15) is 30.9 Å². The van der Waals surface area contributed by atoms with Crippen molar-refractivity contribution >= 4 is 0 Å². The number of likely N-dealkylation sites (tertiary alicyclic amines) is 1. The molecule has 0 saturated carbocycles. The van der Waals surface area contributed by atoms with E-state index in [9.17, 15) is 0 Å². The van der Waals surface area contributed by atoms with Crippen molar-refractivity contribution in [3.63, 3.8) is 0 Å². The minimum absolute atomic E-state index is 0.00306. The van der Waals surface area contributed by atoms with Crippen LogP contribution in [0.25, 0.3) is 0 Å². The molecule has 0 amide bonds. The summed E-state index contributed by atoms with van der Waals surface area (Å²) in [7, 11) is 3.84. The summed E-state index contributed by atoms with van der Waals surface area (Å²) in [6.07, 6.45) is 2.98. The molecule has 4 nitrogen and oxygen atoms in total. The second kappa shape index (κ2) is 4.69. The van der Waals surface area contributed by atoms with E-state index in [4.69, 9.17) is 15.2 Å². The van der Waals surface area contributed by atoms with Crippen molar-refractivity contribution in [1.29, 1.82) is 0 Å². The van der Waals surface area contributed by atoms with E-state index in [0.29, 0.717) is 0 Å². The van der Waals surface area contributed by atoms with Crippen LogP contribution in [0, 0.1) is 0 Å². The summed E-state index contributed by atoms with van der Waals surface area (Å²) in [5, 5.41) is 0. The van der Waals surface area contributed by atoms with Gasteiger partial charge in [0.2, 0.25) is 0 Å². The minimum Gasteiger partial charge on any atom is -0.496 e. The van der Waals surface area contributed by atoms with Crippen LogP contribution in [0.3, 0.4) is 0 Å². The molecule has 1 saturated heterocycles. The molecule has 2 N–H and O–H groups in total. The van der Waals surface area contributed by atoms with E-state index in [1.807, 2.05) is 18.2 Å². The van der Waals surface area contributed by atoms with E-state index in [0.717, 1.165) is 49.4 Å². The number of benzene rings is 1. The molecule has 2 heterocycles. The monoisotopic (exact) mass is 262 g/mol. The quantitative estimate of drug-likeness (QED) is 0.840. The van der Waals surface area contributed by atoms with Crippen molar-refractivity contribution in [2.75, 3.05) is 27.2 Å². The highest BCUT2D eigenvalue weighted by atomic mass is 16.5. The number of fused-ring (bicyclic) bond motifs is 1. The fraction of sp³-hybridized carbons (Fsp3) is 0.600. The molecule has 1 spiro atoms. The Morgan fingerprint density at radius 2 is 2.11 bits per heavy atom. The lowest BCUT2D eigenvalue weighted by atomic mass is 9.81. The van der Waals surface area contributed by atoms with Gasteiger partial charge in [0.25, 0.3) is 0 Å². The molecule has 0 radical (unpaired) electrons. The average Bonchev–Trinajstić information content (AvgIpc) is 2.41. The van der Waals surface area contributed by atoms with Gasteiger partial charge in [-0.2, -0.15) is 0 Å². The Kier molecular flexibility index (Phi) is 3.15. The summed E-state index contributed by atoms with van der Waals surface area (Å²) in [5.74, 6) is 1.75. The first kappa shape index (κ1) is 12.8. The van der Waals surface area contributed by atoms with Crippen LogP contribution < -0.4 is 15.2 Å². The zero-order valence-corrected chi connectivity index (χ0v) is 11.7. The van der Waals surface area contributed by atoms with Gasteiger partial charge in [0, 0.05) is 25.6 Å². The number of piperidine rings is 1. The molecule has 1 aromatic rings. The largest absolute Gasteiger partial charge is 0.496 e. The van der Waals surface area contributed by atoms with Crippen LogP contribution in [-0.4, -0.2) is 37.7 Å². The first-order valence-electron chi connectivity index (χ1n) is 6.94. The predicted molar refractivity (Wildman–Crippen MR) is 74.6 cm³/mol. The number of methoxy groups -OCH3 is 1. The third-order valence-electron chi connectivity index (χ3n) is 4.43. The number of hydrogen-bond donors (Lipinski definition) is 1. The Morgan fingerprint density at radius 1 is 1.37 bits per heavy atom. The predicted octanol–water partition coefficient (Wildman–Crippen LogP) is 1.94. The van der Waals surface area contributed by atoms with Crippen LogP contribution in [0.15, 0.2) is 18.2 Å². The molecule has 104 valence electrons. The molecule has 3 rings (SSSR count). The van der Waals surface area contributed by atoms with Gasteiger partial charge in [-0.05, 0) is 32.0 Å². The van der Waals surface area contributed by atoms with Gasteiger partial charge in [-0.1, -0.05) is 6.07 Å². The van der Waals surface area contributed by atoms with Gasteiger partial charge in [0.05, 0.1) is 12.7 Å². The first-order valence-corrected chi connectivity index (χ1v) is 6.94. The van der Waals surface area contributed by atoms with E-state index in [2.05, 4.69) is 11.9 Å². The lowest BCUT2D eigenvalue weighted by molar-refractivity contribution is -0.0169. The Bertz CT molecular complexity index is 467. The maximum Gasteiger partial charge on any atom is 0.128 e. The van der Waals surface area contributed by atoms with E-state index >= 15 is 0 Å². The van der Waals surface area contributed by atoms with Crippen LogP contribution in [0.4, 0.5) is 0 Å². The van der Waals surface area contributed by atoms with E-state index in [1.54, 1.807) is 7.11 Å². The number of rotatable bonds is 1. The van der Waals surface area contributed by atoms with E-state index in [1.165, 1.54) is 0 Å². The van der Waals surface area contributed by atoms with Gasteiger partial charge in [-0.15, -0.1) is 0 Å². The summed E-state index contributed by atoms with van der Waals surface area (Å²) in [6.45, 7) is 2.15. The van der Waals surface area contributed by atoms with Gasteiger partial charge in [0.1, 0.15) is 17.1 Å². The van der Waals surface area contributed by atoms with E-state index < -0.39 is 0 Å². The van der Waals surface area contributed by atoms with Gasteiger partial charge in [-0.25, -0.2) is 0 Å². The van der Waals surface area contributed by atoms with Crippen molar-refractivity contribution < 1.29 is 9.47 Å². The summed E-state index contributed by atoms with van der Waals surface area (Å²) in [4.78, 5) is 2.35. The number of ether oxygens (including phenoxy) is 2. The SMILES string of the molecule is COc1cccc2c1C(N)CC1(CCN(C)CC1)O2. The fourth-order valence-corrected chi connectivity index (χ4v) is 3.27. The highest BCUT2D eigenvalue weighted by molar-refractivity contribution is 5.48. The fourth-order valence-electron chi connectivity index (χ4n) is 3.27. The summed E-state index contributed by atoms with van der Waals surface area (Å²) in [6, 6.07) is 5.94. The lowest BCUT2D eigenvalue weighted by Gasteiger charge is -2.45. The maximum absolute atomic E-state index is 6.39. The number of hydrogen-bond acceptors (Lipinski definition) is 4. The molecule has 1 atom stereocenters. The van der Waals surface area contributed by atoms with Crippen LogP contribution >= 0.6 is 0 Å². The van der Waals surface area contributed by atoms with E-state index in [-0.39, 0.29) is 11.6 Å². The molecule has 0 bridgehead atoms. The zero-order valence-electron chi connectivity index (χ0n) is 11.7. The van der Waals surface area contributed by atoms with Crippen LogP contribution in [0.5, 0.6) is 11.5 Å². The zero-order chi connectivity index (χ0) is 13.5. The van der Waals surface area contributed by atoms with Crippen LogP contribution in [-0.2, 0) is 0 Å². The Balaban J connectivity index is 1.92. The Morgan fingerprint density at radius 3 is 2.79 bits per heavy atom. The summed E-state index contributed by atoms with van der Waals surface area (Å²) >= 11 is 0. The lowest BCUT2D eigenvalue weighted by Crippen LogP contribution is -2.50. The van der Waals surface area contributed by atoms with Gasteiger partial charge in [-0.3, -0.25) is 0 Å². The van der Waals surface area contributed by atoms with Gasteiger partial charge < -0.3 is 20.1 Å². The highest BCUT2D eigenvalue weighted by Crippen LogP contribution is 2.46. The molecule has 0 aromatic heterocycles. The topological polar surface area (TPSA) is 47.7 Å².